The van der Waals surface area contributed by atoms with Crippen molar-refractivity contribution in [1.29, 1.82) is 0 Å². The predicted molar refractivity (Wildman–Crippen MR) is 63.3 cm³/mol. The first-order valence-electron chi connectivity index (χ1n) is 5.56. The molecule has 1 aromatic carbocycles. The molecule has 2 nitrogen and oxygen atoms in total. The number of rotatable bonds is 2. The van der Waals surface area contributed by atoms with Crippen LogP contribution >= 0.6 is 11.6 Å². The Labute approximate surface area is 99.4 Å². The summed E-state index contributed by atoms with van der Waals surface area (Å²) in [5.74, 6) is -0.322. The Morgan fingerprint density at radius 2 is 2.06 bits per heavy atom. The van der Waals surface area contributed by atoms with Gasteiger partial charge in [0.1, 0.15) is 5.82 Å². The van der Waals surface area contributed by atoms with E-state index >= 15 is 0 Å². The lowest BCUT2D eigenvalue weighted by Crippen LogP contribution is -2.36. The van der Waals surface area contributed by atoms with Gasteiger partial charge in [-0.15, -0.1) is 0 Å². The maximum atomic E-state index is 13.0. The van der Waals surface area contributed by atoms with Gasteiger partial charge in [0, 0.05) is 0 Å². The number of hydrogen-bond acceptors (Lipinski definition) is 2. The highest BCUT2D eigenvalue weighted by Gasteiger charge is 2.23. The molecule has 16 heavy (non-hydrogen) atoms. The fraction of sp³-hybridized carbons (Fsp3) is 0.500. The van der Waals surface area contributed by atoms with Gasteiger partial charge in [0.05, 0.1) is 22.9 Å². The van der Waals surface area contributed by atoms with Crippen LogP contribution in [0.5, 0.6) is 0 Å². The van der Waals surface area contributed by atoms with Crippen molar-refractivity contribution < 1.29 is 9.50 Å². The highest BCUT2D eigenvalue weighted by molar-refractivity contribution is 6.33. The molecule has 4 heteroatoms. The molecule has 0 radical (unpaired) electrons. The van der Waals surface area contributed by atoms with Crippen LogP contribution < -0.4 is 5.32 Å². The molecule has 1 aliphatic rings. The highest BCUT2D eigenvalue weighted by Crippen LogP contribution is 2.27. The van der Waals surface area contributed by atoms with Gasteiger partial charge in [0.25, 0.3) is 0 Å². The van der Waals surface area contributed by atoms with Gasteiger partial charge >= 0.3 is 0 Å². The Bertz CT molecular complexity index is 372. The third-order valence-corrected chi connectivity index (χ3v) is 3.33. The minimum absolute atomic E-state index is 0.0203. The van der Waals surface area contributed by atoms with Gasteiger partial charge in [-0.1, -0.05) is 24.4 Å². The van der Waals surface area contributed by atoms with Crippen molar-refractivity contribution in [2.24, 2.45) is 0 Å². The summed E-state index contributed by atoms with van der Waals surface area (Å²) in [4.78, 5) is 0. The molecule has 88 valence electrons. The van der Waals surface area contributed by atoms with Crippen LogP contribution in [0.3, 0.4) is 0 Å². The molecule has 1 aromatic rings. The zero-order valence-electron chi connectivity index (χ0n) is 8.92. The van der Waals surface area contributed by atoms with Gasteiger partial charge in [-0.3, -0.25) is 0 Å². The van der Waals surface area contributed by atoms with Gasteiger partial charge in [-0.25, -0.2) is 4.39 Å². The molecule has 2 rings (SSSR count). The first-order valence-corrected chi connectivity index (χ1v) is 5.94. The normalized spacial score (nSPS) is 25.4. The zero-order chi connectivity index (χ0) is 11.5. The lowest BCUT2D eigenvalue weighted by molar-refractivity contribution is 0.116. The van der Waals surface area contributed by atoms with Crippen LogP contribution in [-0.2, 0) is 0 Å². The summed E-state index contributed by atoms with van der Waals surface area (Å²) < 4.78 is 13.0. The fourth-order valence-electron chi connectivity index (χ4n) is 2.09. The van der Waals surface area contributed by atoms with Crippen molar-refractivity contribution in [3.05, 3.63) is 29.0 Å². The Hall–Kier alpha value is -0.800. The summed E-state index contributed by atoms with van der Waals surface area (Å²) in [6.45, 7) is 0. The van der Waals surface area contributed by atoms with E-state index in [4.69, 9.17) is 11.6 Å². The number of halogens is 2. The molecule has 1 saturated carbocycles. The van der Waals surface area contributed by atoms with E-state index in [9.17, 15) is 9.50 Å². The smallest absolute Gasteiger partial charge is 0.125 e. The second-order valence-corrected chi connectivity index (χ2v) is 4.63. The van der Waals surface area contributed by atoms with Gasteiger partial charge in [-0.2, -0.15) is 0 Å². The Balaban J connectivity index is 2.10. The van der Waals surface area contributed by atoms with Crippen LogP contribution in [0.25, 0.3) is 0 Å². The van der Waals surface area contributed by atoms with Crippen LogP contribution in [0.4, 0.5) is 10.1 Å². The van der Waals surface area contributed by atoms with E-state index in [2.05, 4.69) is 5.32 Å². The van der Waals surface area contributed by atoms with Crippen molar-refractivity contribution in [2.45, 2.75) is 37.8 Å². The number of anilines is 1. The van der Waals surface area contributed by atoms with E-state index in [1.165, 1.54) is 18.2 Å². The second-order valence-electron chi connectivity index (χ2n) is 4.23. The summed E-state index contributed by atoms with van der Waals surface area (Å²) in [6, 6.07) is 4.19. The molecule has 0 amide bonds. The maximum Gasteiger partial charge on any atom is 0.125 e. The maximum absolute atomic E-state index is 13.0. The molecule has 2 atom stereocenters. The van der Waals surface area contributed by atoms with Gasteiger partial charge < -0.3 is 10.4 Å². The first-order chi connectivity index (χ1) is 7.66. The summed E-state index contributed by atoms with van der Waals surface area (Å²) in [5, 5.41) is 13.4. The van der Waals surface area contributed by atoms with Crippen molar-refractivity contribution in [3.63, 3.8) is 0 Å². The van der Waals surface area contributed by atoms with E-state index in [1.807, 2.05) is 0 Å². The lowest BCUT2D eigenvalue weighted by Gasteiger charge is -2.29. The third-order valence-electron chi connectivity index (χ3n) is 3.00. The molecule has 1 fully saturated rings. The van der Waals surface area contributed by atoms with E-state index in [0.29, 0.717) is 10.7 Å². The van der Waals surface area contributed by atoms with Crippen molar-refractivity contribution in [1.82, 2.24) is 0 Å². The van der Waals surface area contributed by atoms with E-state index in [-0.39, 0.29) is 18.0 Å². The number of aliphatic hydroxyl groups is 1. The Kier molecular flexibility index (Phi) is 3.66. The number of nitrogens with one attached hydrogen (secondary N) is 1. The third kappa shape index (κ3) is 2.66. The molecule has 0 unspecified atom stereocenters. The molecule has 1 aliphatic carbocycles. The molecule has 0 aliphatic heterocycles. The largest absolute Gasteiger partial charge is 0.391 e. The number of benzene rings is 1. The van der Waals surface area contributed by atoms with Crippen LogP contribution in [0.1, 0.15) is 25.7 Å². The molecule has 0 spiro atoms. The Morgan fingerprint density at radius 3 is 2.81 bits per heavy atom. The zero-order valence-corrected chi connectivity index (χ0v) is 9.67. The summed E-state index contributed by atoms with van der Waals surface area (Å²) in [5.41, 5.74) is 0.563. The SMILES string of the molecule is O[C@H]1CCCC[C@@H]1Nc1cc(F)ccc1Cl. The predicted octanol–water partition coefficient (Wildman–Crippen LogP) is 3.19. The Morgan fingerprint density at radius 1 is 1.31 bits per heavy atom. The molecule has 2 N–H and O–H groups in total. The summed E-state index contributed by atoms with van der Waals surface area (Å²) in [6.07, 6.45) is 3.46. The van der Waals surface area contributed by atoms with E-state index < -0.39 is 0 Å². The minimum atomic E-state index is -0.368. The van der Waals surface area contributed by atoms with Crippen molar-refractivity contribution in [2.75, 3.05) is 5.32 Å². The second kappa shape index (κ2) is 5.02. The number of aliphatic hydroxyl groups excluding tert-OH is 1. The first kappa shape index (κ1) is 11.7. The molecular formula is C12H15ClFNO. The quantitative estimate of drug-likeness (QED) is 0.836. The van der Waals surface area contributed by atoms with E-state index in [1.54, 1.807) is 0 Å². The van der Waals surface area contributed by atoms with Crippen LogP contribution in [0, 0.1) is 5.82 Å². The van der Waals surface area contributed by atoms with Crippen LogP contribution in [0.15, 0.2) is 18.2 Å². The van der Waals surface area contributed by atoms with Gasteiger partial charge in [0.15, 0.2) is 0 Å². The molecule has 0 saturated heterocycles. The molecule has 0 bridgehead atoms. The minimum Gasteiger partial charge on any atom is -0.391 e. The molecule has 0 heterocycles. The average Bonchev–Trinajstić information content (AvgIpc) is 2.27. The van der Waals surface area contributed by atoms with Crippen LogP contribution in [0.2, 0.25) is 5.02 Å². The highest BCUT2D eigenvalue weighted by atomic mass is 35.5. The fourth-order valence-corrected chi connectivity index (χ4v) is 2.26. The monoisotopic (exact) mass is 243 g/mol. The standard InChI is InChI=1S/C12H15ClFNO/c13-9-6-5-8(14)7-11(9)15-10-3-1-2-4-12(10)16/h5-7,10,12,15-16H,1-4H2/t10-,12-/m0/s1. The van der Waals surface area contributed by atoms with Gasteiger partial charge in [0.2, 0.25) is 0 Å². The number of hydrogen-bond donors (Lipinski definition) is 2. The summed E-state index contributed by atoms with van der Waals surface area (Å²) in [7, 11) is 0. The molecular weight excluding hydrogens is 229 g/mol. The van der Waals surface area contributed by atoms with Crippen molar-refractivity contribution in [3.8, 4) is 0 Å². The van der Waals surface area contributed by atoms with Gasteiger partial charge in [-0.05, 0) is 31.0 Å². The topological polar surface area (TPSA) is 32.3 Å². The van der Waals surface area contributed by atoms with E-state index in [0.717, 1.165) is 25.7 Å². The summed E-state index contributed by atoms with van der Waals surface area (Å²) >= 11 is 5.95. The van der Waals surface area contributed by atoms with Crippen molar-refractivity contribution >= 4 is 17.3 Å². The van der Waals surface area contributed by atoms with Crippen LogP contribution in [-0.4, -0.2) is 17.3 Å². The average molecular weight is 244 g/mol. The lowest BCUT2D eigenvalue weighted by atomic mass is 9.92. The molecule has 0 aromatic heterocycles.